The summed E-state index contributed by atoms with van der Waals surface area (Å²) in [5.41, 5.74) is -0.599. The van der Waals surface area contributed by atoms with Crippen LogP contribution in [0.1, 0.15) is 18.9 Å². The molecule has 26 heavy (non-hydrogen) atoms. The van der Waals surface area contributed by atoms with Gasteiger partial charge in [0.25, 0.3) is 0 Å². The minimum atomic E-state index is -4.43. The molecule has 5 atom stereocenters. The number of aromatic nitrogens is 1. The summed E-state index contributed by atoms with van der Waals surface area (Å²) in [5, 5.41) is 29.6. The summed E-state index contributed by atoms with van der Waals surface area (Å²) in [6.07, 6.45) is -4.58. The summed E-state index contributed by atoms with van der Waals surface area (Å²) in [7, 11) is 0. The highest BCUT2D eigenvalue weighted by Gasteiger charge is 2.41. The molecule has 0 radical (unpaired) electrons. The van der Waals surface area contributed by atoms with E-state index in [4.69, 9.17) is 0 Å². The third-order valence-corrected chi connectivity index (χ3v) is 5.46. The van der Waals surface area contributed by atoms with Crippen molar-refractivity contribution in [3.05, 3.63) is 24.0 Å². The number of anilines is 1. The third-order valence-electron chi connectivity index (χ3n) is 5.46. The molecule has 6 nitrogen and oxygen atoms in total. The van der Waals surface area contributed by atoms with Crippen molar-refractivity contribution in [1.29, 1.82) is 0 Å². The second-order valence-corrected chi connectivity index (χ2v) is 7.23. The van der Waals surface area contributed by atoms with Gasteiger partial charge in [0.15, 0.2) is 0 Å². The van der Waals surface area contributed by atoms with Gasteiger partial charge in [-0.2, -0.15) is 13.2 Å². The van der Waals surface area contributed by atoms with Crippen LogP contribution in [-0.2, 0) is 6.18 Å². The Labute approximate surface area is 149 Å². The normalized spacial score (nSPS) is 33.7. The Morgan fingerprint density at radius 2 is 1.92 bits per heavy atom. The molecule has 9 heteroatoms. The van der Waals surface area contributed by atoms with Crippen molar-refractivity contribution in [3.63, 3.8) is 0 Å². The van der Waals surface area contributed by atoms with Crippen LogP contribution in [0.3, 0.4) is 0 Å². The molecule has 0 aliphatic carbocycles. The third kappa shape index (κ3) is 3.80. The highest BCUT2D eigenvalue weighted by Crippen LogP contribution is 2.37. The quantitative estimate of drug-likeness (QED) is 0.722. The van der Waals surface area contributed by atoms with Gasteiger partial charge in [-0.1, -0.05) is 0 Å². The molecule has 1 aromatic heterocycles. The van der Waals surface area contributed by atoms with E-state index in [-0.39, 0.29) is 24.2 Å². The number of hydrogen-bond acceptors (Lipinski definition) is 6. The van der Waals surface area contributed by atoms with Crippen molar-refractivity contribution in [2.45, 2.75) is 43.9 Å². The van der Waals surface area contributed by atoms with Crippen molar-refractivity contribution in [2.75, 3.05) is 31.1 Å². The van der Waals surface area contributed by atoms with E-state index < -0.39 is 30.1 Å². The van der Waals surface area contributed by atoms with Gasteiger partial charge in [-0.3, -0.25) is 9.88 Å². The van der Waals surface area contributed by atoms with Gasteiger partial charge < -0.3 is 20.2 Å². The van der Waals surface area contributed by atoms with E-state index >= 15 is 0 Å². The highest BCUT2D eigenvalue weighted by molar-refractivity contribution is 5.53. The number of piperidine rings is 1. The van der Waals surface area contributed by atoms with Gasteiger partial charge in [-0.25, -0.2) is 0 Å². The number of rotatable bonds is 3. The van der Waals surface area contributed by atoms with Gasteiger partial charge in [0.1, 0.15) is 6.10 Å². The predicted octanol–water partition coefficient (Wildman–Crippen LogP) is 0.714. The average Bonchev–Trinajstić information content (AvgIpc) is 3.05. The molecule has 2 fully saturated rings. The van der Waals surface area contributed by atoms with Crippen molar-refractivity contribution >= 4 is 5.69 Å². The Hall–Kier alpha value is -1.42. The first-order valence-electron chi connectivity index (χ1n) is 8.73. The summed E-state index contributed by atoms with van der Waals surface area (Å²) in [6.45, 7) is 3.49. The monoisotopic (exact) mass is 375 g/mol. The second kappa shape index (κ2) is 7.30. The fraction of sp³-hybridized carbons (Fsp3) is 0.706. The van der Waals surface area contributed by atoms with Gasteiger partial charge in [0.2, 0.25) is 0 Å². The number of nitrogens with zero attached hydrogens (tertiary/aromatic N) is 3. The minimum absolute atomic E-state index is 0.0877. The summed E-state index contributed by atoms with van der Waals surface area (Å²) in [6, 6.07) is 0.662. The Balaban J connectivity index is 1.67. The van der Waals surface area contributed by atoms with Crippen molar-refractivity contribution in [1.82, 2.24) is 9.88 Å². The van der Waals surface area contributed by atoms with E-state index in [2.05, 4.69) is 4.98 Å². The van der Waals surface area contributed by atoms with Crippen LogP contribution in [-0.4, -0.2) is 75.7 Å². The maximum atomic E-state index is 13.2. The van der Waals surface area contributed by atoms with Crippen LogP contribution in [0, 0.1) is 5.92 Å². The lowest BCUT2D eigenvalue weighted by Crippen LogP contribution is -2.60. The molecule has 0 saturated carbocycles. The van der Waals surface area contributed by atoms with Crippen LogP contribution in [0.15, 0.2) is 18.5 Å². The minimum Gasteiger partial charge on any atom is -0.389 e. The fourth-order valence-corrected chi connectivity index (χ4v) is 3.89. The number of pyridine rings is 1. The van der Waals surface area contributed by atoms with Gasteiger partial charge in [0, 0.05) is 38.4 Å². The molecule has 1 aromatic rings. The van der Waals surface area contributed by atoms with Gasteiger partial charge in [0.05, 0.1) is 29.7 Å². The Kier molecular flexibility index (Phi) is 5.43. The van der Waals surface area contributed by atoms with E-state index in [9.17, 15) is 28.5 Å². The lowest BCUT2D eigenvalue weighted by Gasteiger charge is -2.43. The molecule has 0 aromatic carbocycles. The molecule has 146 valence electrons. The van der Waals surface area contributed by atoms with Crippen molar-refractivity contribution in [2.24, 2.45) is 5.92 Å². The van der Waals surface area contributed by atoms with Crippen LogP contribution >= 0.6 is 0 Å². The van der Waals surface area contributed by atoms with E-state index in [0.29, 0.717) is 26.1 Å². The van der Waals surface area contributed by atoms with Crippen LogP contribution < -0.4 is 4.90 Å². The molecule has 0 unspecified atom stereocenters. The summed E-state index contributed by atoms with van der Waals surface area (Å²) in [5.74, 6) is 0.105. The summed E-state index contributed by atoms with van der Waals surface area (Å²) in [4.78, 5) is 7.42. The second-order valence-electron chi connectivity index (χ2n) is 7.23. The number of aliphatic hydroxyl groups excluding tert-OH is 3. The maximum absolute atomic E-state index is 13.2. The zero-order chi connectivity index (χ0) is 19.1. The van der Waals surface area contributed by atoms with Crippen molar-refractivity contribution in [3.8, 4) is 0 Å². The largest absolute Gasteiger partial charge is 0.418 e. The molecule has 0 bridgehead atoms. The Morgan fingerprint density at radius 3 is 2.62 bits per heavy atom. The van der Waals surface area contributed by atoms with E-state index in [1.54, 1.807) is 11.8 Å². The van der Waals surface area contributed by atoms with Crippen LogP contribution in [0.25, 0.3) is 0 Å². The highest BCUT2D eigenvalue weighted by atomic mass is 19.4. The smallest absolute Gasteiger partial charge is 0.389 e. The number of likely N-dealkylation sites (tertiary alicyclic amines) is 1. The molecular weight excluding hydrogens is 351 g/mol. The lowest BCUT2D eigenvalue weighted by molar-refractivity contribution is -0.137. The first-order chi connectivity index (χ1) is 12.2. The lowest BCUT2D eigenvalue weighted by atomic mass is 9.93. The molecule has 3 N–H and O–H groups in total. The molecule has 3 rings (SSSR count). The van der Waals surface area contributed by atoms with E-state index in [0.717, 1.165) is 12.3 Å². The average molecular weight is 375 g/mol. The van der Waals surface area contributed by atoms with E-state index in [1.807, 2.05) is 4.90 Å². The van der Waals surface area contributed by atoms with Gasteiger partial charge in [-0.15, -0.1) is 0 Å². The van der Waals surface area contributed by atoms with Crippen LogP contribution in [0.5, 0.6) is 0 Å². The topological polar surface area (TPSA) is 80.1 Å². The standard InChI is InChI=1S/C17H24F3N3O3/c1-10-15(25)16(26)14(24)9-23(10)8-11-3-5-22(7-11)13-6-21-4-2-12(13)17(18,19)20/h2,4,6,10-11,14-16,24-26H,3,5,7-9H2,1H3/t10-,11-,14+,15-,16-/m1/s1. The number of halogens is 3. The first-order valence-corrected chi connectivity index (χ1v) is 8.73. The zero-order valence-corrected chi connectivity index (χ0v) is 14.5. The van der Waals surface area contributed by atoms with Crippen LogP contribution in [0.2, 0.25) is 0 Å². The molecule has 2 aliphatic rings. The molecule has 2 aliphatic heterocycles. The molecular formula is C17H24F3N3O3. The van der Waals surface area contributed by atoms with Gasteiger partial charge in [-0.05, 0) is 25.3 Å². The van der Waals surface area contributed by atoms with E-state index in [1.165, 1.54) is 6.20 Å². The molecule has 0 spiro atoms. The zero-order valence-electron chi connectivity index (χ0n) is 14.5. The first kappa shape index (κ1) is 19.3. The maximum Gasteiger partial charge on any atom is 0.418 e. The molecule has 0 amide bonds. The summed E-state index contributed by atoms with van der Waals surface area (Å²) < 4.78 is 39.6. The Bertz CT molecular complexity index is 631. The number of aliphatic hydroxyl groups is 3. The number of alkyl halides is 3. The SMILES string of the molecule is C[C@@H]1[C@@H](O)[C@H](O)[C@@H](O)CN1C[C@@H]1CCN(c2cnccc2C(F)(F)F)C1. The van der Waals surface area contributed by atoms with Gasteiger partial charge >= 0.3 is 6.18 Å². The number of β-amino-alcohol motifs (C(OH)–C–C–N with tert-alkyl or cyclic N) is 1. The predicted molar refractivity (Wildman–Crippen MR) is 88.6 cm³/mol. The van der Waals surface area contributed by atoms with Crippen molar-refractivity contribution < 1.29 is 28.5 Å². The number of hydrogen-bond donors (Lipinski definition) is 3. The summed E-state index contributed by atoms with van der Waals surface area (Å²) >= 11 is 0. The Morgan fingerprint density at radius 1 is 1.19 bits per heavy atom. The van der Waals surface area contributed by atoms with Crippen LogP contribution in [0.4, 0.5) is 18.9 Å². The fourth-order valence-electron chi connectivity index (χ4n) is 3.89. The molecule has 2 saturated heterocycles. The molecule has 3 heterocycles.